The van der Waals surface area contributed by atoms with Crippen LogP contribution in [0.1, 0.15) is 101 Å². The molecule has 3 aliphatic rings. The van der Waals surface area contributed by atoms with Gasteiger partial charge in [-0.25, -0.2) is 19.6 Å². The van der Waals surface area contributed by atoms with Gasteiger partial charge in [0.25, 0.3) is 5.91 Å². The molecular formula is C52H58N8O6. The fourth-order valence-corrected chi connectivity index (χ4v) is 10.0. The minimum absolute atomic E-state index is 0.0391. The molecule has 4 aromatic carbocycles. The molecule has 4 heterocycles. The molecule has 4 N–H and O–H groups in total. The Morgan fingerprint density at radius 1 is 0.727 bits per heavy atom. The number of methoxy groups -OCH3 is 2. The van der Waals surface area contributed by atoms with E-state index in [-0.39, 0.29) is 41.3 Å². The Balaban J connectivity index is 0.901. The Kier molecular flexibility index (Phi) is 12.4. The van der Waals surface area contributed by atoms with Crippen LogP contribution in [-0.2, 0) is 19.1 Å². The molecule has 0 bridgehead atoms. The third-order valence-corrected chi connectivity index (χ3v) is 13.9. The molecule has 14 nitrogen and oxygen atoms in total. The van der Waals surface area contributed by atoms with E-state index in [1.807, 2.05) is 66.4 Å². The van der Waals surface area contributed by atoms with Crippen molar-refractivity contribution < 1.29 is 28.7 Å². The molecule has 1 aliphatic carbocycles. The van der Waals surface area contributed by atoms with Crippen LogP contribution >= 0.6 is 0 Å². The largest absolute Gasteiger partial charge is 0.453 e. The summed E-state index contributed by atoms with van der Waals surface area (Å²) < 4.78 is 9.75. The summed E-state index contributed by atoms with van der Waals surface area (Å²) in [4.78, 5) is 73.6. The van der Waals surface area contributed by atoms with Crippen LogP contribution in [0.4, 0.5) is 9.59 Å². The van der Waals surface area contributed by atoms with Crippen molar-refractivity contribution >= 4 is 34.8 Å². The number of alkyl carbamates (subject to hydrolysis) is 2. The number of carbonyl (C=O) groups excluding carboxylic acids is 4. The van der Waals surface area contributed by atoms with Gasteiger partial charge in [-0.1, -0.05) is 99.6 Å². The predicted molar refractivity (Wildman–Crippen MR) is 252 cm³/mol. The van der Waals surface area contributed by atoms with Gasteiger partial charge >= 0.3 is 12.2 Å². The van der Waals surface area contributed by atoms with Gasteiger partial charge in [0.2, 0.25) is 5.91 Å². The summed E-state index contributed by atoms with van der Waals surface area (Å²) >= 11 is 0. The number of imidazole rings is 2. The highest BCUT2D eigenvalue weighted by Crippen LogP contribution is 2.58. The van der Waals surface area contributed by atoms with Gasteiger partial charge in [-0.3, -0.25) is 9.59 Å². The molecule has 3 fully saturated rings. The van der Waals surface area contributed by atoms with Crippen molar-refractivity contribution in [2.24, 2.45) is 11.3 Å². The van der Waals surface area contributed by atoms with Gasteiger partial charge in [0.05, 0.1) is 50.1 Å². The van der Waals surface area contributed by atoms with Gasteiger partial charge < -0.3 is 39.9 Å². The molecule has 4 amide bonds. The van der Waals surface area contributed by atoms with E-state index in [0.29, 0.717) is 12.1 Å². The number of benzene rings is 4. The number of piperidine rings is 1. The molecule has 2 aromatic heterocycles. The summed E-state index contributed by atoms with van der Waals surface area (Å²) in [5.41, 5.74) is 6.66. The highest BCUT2D eigenvalue weighted by Gasteiger charge is 2.55. The number of aromatic amines is 2. The number of nitrogens with one attached hydrogen (secondary N) is 4. The first-order valence-electron chi connectivity index (χ1n) is 23.1. The van der Waals surface area contributed by atoms with E-state index in [2.05, 4.69) is 88.2 Å². The molecule has 342 valence electrons. The molecule has 0 radical (unpaired) electrons. The minimum Gasteiger partial charge on any atom is -0.453 e. The van der Waals surface area contributed by atoms with E-state index in [4.69, 9.17) is 19.4 Å². The second-order valence-corrected chi connectivity index (χ2v) is 18.5. The number of amides is 4. The van der Waals surface area contributed by atoms with E-state index in [1.54, 1.807) is 0 Å². The zero-order valence-electron chi connectivity index (χ0n) is 38.2. The van der Waals surface area contributed by atoms with Gasteiger partial charge in [0, 0.05) is 18.2 Å². The summed E-state index contributed by atoms with van der Waals surface area (Å²) in [6.45, 7) is 6.57. The number of hydrogen-bond donors (Lipinski definition) is 4. The second-order valence-electron chi connectivity index (χ2n) is 18.5. The molecule has 1 unspecified atom stereocenters. The van der Waals surface area contributed by atoms with Crippen LogP contribution < -0.4 is 10.6 Å². The number of likely N-dealkylation sites (tertiary alicyclic amines) is 2. The molecule has 1 saturated carbocycles. The first-order chi connectivity index (χ1) is 32.0. The van der Waals surface area contributed by atoms with Crippen molar-refractivity contribution in [1.82, 2.24) is 40.4 Å². The number of fused-ring (bicyclic) bond motifs is 1. The lowest BCUT2D eigenvalue weighted by Crippen LogP contribution is -2.56. The Hall–Kier alpha value is -6.96. The summed E-state index contributed by atoms with van der Waals surface area (Å²) in [5, 5.41) is 7.73. The third kappa shape index (κ3) is 8.88. The van der Waals surface area contributed by atoms with Crippen LogP contribution in [0.5, 0.6) is 0 Å². The minimum atomic E-state index is -0.882. The Morgan fingerprint density at radius 3 is 1.95 bits per heavy atom. The maximum atomic E-state index is 14.3. The molecule has 2 saturated heterocycles. The standard InChI is InChI=1S/C52H58N8O6/c1-6-39-13-10-14-42(60(39)49(62)44(31(2)3)57-50(63)65-4)46-53-28-40(55-46)33-17-15-32(16-18-33)35-19-20-37-26-38(22-21-36(37)25-35)41-29-54-47(56-41)43-27-52(23-24-52)30-59(43)48(61)45(58-51(64)66-5)34-11-8-7-9-12-34/h7-9,11-12,15-22,25-26,28-29,31,39,42-45H,6,10,13-14,23-24,27,30H2,1-5H3,(H,53,55)(H,54,56)(H,57,63)(H,58,64)/t39-,42-,43-,44-,45?/m0/s1. The smallest absolute Gasteiger partial charge is 0.407 e. The van der Waals surface area contributed by atoms with E-state index in [0.717, 1.165) is 101 Å². The molecule has 1 spiro atoms. The van der Waals surface area contributed by atoms with Crippen LogP contribution in [-0.4, -0.2) is 86.6 Å². The normalized spacial score (nSPS) is 19.7. The summed E-state index contributed by atoms with van der Waals surface area (Å²) in [7, 11) is 2.60. The fraction of sp³-hybridized carbons (Fsp3) is 0.385. The first-order valence-corrected chi connectivity index (χ1v) is 23.1. The maximum Gasteiger partial charge on any atom is 0.407 e. The van der Waals surface area contributed by atoms with Crippen LogP contribution in [0.25, 0.3) is 44.4 Å². The van der Waals surface area contributed by atoms with Crippen molar-refractivity contribution in [3.05, 3.63) is 121 Å². The molecule has 9 rings (SSSR count). The van der Waals surface area contributed by atoms with Crippen molar-refractivity contribution in [2.75, 3.05) is 20.8 Å². The highest BCUT2D eigenvalue weighted by atomic mass is 16.5. The van der Waals surface area contributed by atoms with E-state index in [9.17, 15) is 19.2 Å². The van der Waals surface area contributed by atoms with Gasteiger partial charge in [-0.15, -0.1) is 0 Å². The number of nitrogens with zero attached hydrogens (tertiary/aromatic N) is 4. The van der Waals surface area contributed by atoms with Gasteiger partial charge in [-0.05, 0) is 101 Å². The number of ether oxygens (including phenoxy) is 2. The number of hydrogen-bond acceptors (Lipinski definition) is 8. The van der Waals surface area contributed by atoms with E-state index < -0.39 is 24.3 Å². The number of rotatable bonds is 12. The number of H-pyrrole nitrogens is 2. The van der Waals surface area contributed by atoms with Crippen molar-refractivity contribution in [2.45, 2.75) is 95.9 Å². The summed E-state index contributed by atoms with van der Waals surface area (Å²) in [6.07, 6.45) is 8.81. The number of carbonyl (C=O) groups is 4. The summed E-state index contributed by atoms with van der Waals surface area (Å²) in [6, 6.07) is 28.5. The average molecular weight is 891 g/mol. The molecule has 2 aliphatic heterocycles. The van der Waals surface area contributed by atoms with E-state index >= 15 is 0 Å². The number of aromatic nitrogens is 4. The zero-order valence-corrected chi connectivity index (χ0v) is 38.2. The Bertz CT molecular complexity index is 2730. The molecule has 5 atom stereocenters. The quantitative estimate of drug-likeness (QED) is 0.0940. The molecule has 14 heteroatoms. The lowest BCUT2D eigenvalue weighted by atomic mass is 9.91. The van der Waals surface area contributed by atoms with Gasteiger partial charge in [0.15, 0.2) is 0 Å². The van der Waals surface area contributed by atoms with Gasteiger partial charge in [0.1, 0.15) is 23.7 Å². The molecule has 6 aromatic rings. The fourth-order valence-electron chi connectivity index (χ4n) is 10.0. The van der Waals surface area contributed by atoms with E-state index in [1.165, 1.54) is 14.2 Å². The van der Waals surface area contributed by atoms with Crippen LogP contribution in [0.15, 0.2) is 103 Å². The van der Waals surface area contributed by atoms with Crippen molar-refractivity contribution in [3.63, 3.8) is 0 Å². The van der Waals surface area contributed by atoms with Gasteiger partial charge in [-0.2, -0.15) is 0 Å². The SMILES string of the molecule is CC[C@H]1CCC[C@@H](c2ncc(-c3ccc(-c4ccc5cc(-c6cnc([C@@H]7CC8(CC8)CN7C(=O)C(NC(=O)OC)c7ccccc7)[nH]6)ccc5c4)cc3)[nH]2)N1C(=O)[C@@H](NC(=O)OC)C(C)C. The topological polar surface area (TPSA) is 175 Å². The molecule has 66 heavy (non-hydrogen) atoms. The maximum absolute atomic E-state index is 14.3. The van der Waals surface area contributed by atoms with Crippen molar-refractivity contribution in [3.8, 4) is 33.6 Å². The summed E-state index contributed by atoms with van der Waals surface area (Å²) in [5.74, 6) is 1.06. The van der Waals surface area contributed by atoms with Crippen LogP contribution in [0.3, 0.4) is 0 Å². The third-order valence-electron chi connectivity index (χ3n) is 13.9. The lowest BCUT2D eigenvalue weighted by molar-refractivity contribution is -0.142. The lowest BCUT2D eigenvalue weighted by Gasteiger charge is -2.43. The monoisotopic (exact) mass is 890 g/mol. The zero-order chi connectivity index (χ0) is 46.1. The predicted octanol–water partition coefficient (Wildman–Crippen LogP) is 9.65. The molecular weight excluding hydrogens is 833 g/mol. The Morgan fingerprint density at radius 2 is 1.32 bits per heavy atom. The second kappa shape index (κ2) is 18.5. The Labute approximate surface area is 384 Å². The first kappa shape index (κ1) is 44.3. The van der Waals surface area contributed by atoms with Crippen LogP contribution in [0.2, 0.25) is 0 Å². The average Bonchev–Trinajstić information content (AvgIpc) is 3.67. The van der Waals surface area contributed by atoms with Crippen molar-refractivity contribution in [1.29, 1.82) is 0 Å². The van der Waals surface area contributed by atoms with Crippen LogP contribution in [0, 0.1) is 11.3 Å². The highest BCUT2D eigenvalue weighted by molar-refractivity contribution is 5.91.